The van der Waals surface area contributed by atoms with Crippen LogP contribution in [0.5, 0.6) is 23.0 Å². The third-order valence-corrected chi connectivity index (χ3v) is 8.37. The first-order valence-electron chi connectivity index (χ1n) is 14.7. The van der Waals surface area contributed by atoms with Crippen molar-refractivity contribution < 1.29 is 28.5 Å². The van der Waals surface area contributed by atoms with E-state index >= 15 is 0 Å². The fourth-order valence-electron chi connectivity index (χ4n) is 5.14. The Morgan fingerprint density at radius 2 is 1.76 bits per heavy atom. The quantitative estimate of drug-likeness (QED) is 0.186. The van der Waals surface area contributed by atoms with E-state index in [4.69, 9.17) is 35.3 Å². The number of methoxy groups -OCH3 is 2. The minimum absolute atomic E-state index is 0.0723. The van der Waals surface area contributed by atoms with Crippen LogP contribution in [0, 0.1) is 0 Å². The van der Waals surface area contributed by atoms with Gasteiger partial charge in [-0.15, -0.1) is 0 Å². The molecule has 46 heavy (non-hydrogen) atoms. The number of thiazole rings is 1. The number of hydrogen-bond acceptors (Lipinski definition) is 9. The van der Waals surface area contributed by atoms with Gasteiger partial charge < -0.3 is 23.7 Å². The minimum atomic E-state index is -0.795. The zero-order chi connectivity index (χ0) is 33.0. The number of aromatic nitrogens is 1. The second-order valence-electron chi connectivity index (χ2n) is 10.7. The molecule has 2 heterocycles. The maximum Gasteiger partial charge on any atom is 0.338 e. The molecule has 3 aromatic carbocycles. The smallest absolute Gasteiger partial charge is 0.338 e. The molecule has 0 saturated carbocycles. The summed E-state index contributed by atoms with van der Waals surface area (Å²) < 4.78 is 30.5. The van der Waals surface area contributed by atoms with Crippen LogP contribution in [-0.2, 0) is 16.1 Å². The fraction of sp³-hybridized carbons (Fsp3) is 0.286. The van der Waals surface area contributed by atoms with Crippen LogP contribution in [0.15, 0.2) is 81.7 Å². The highest BCUT2D eigenvalue weighted by atomic mass is 35.5. The largest absolute Gasteiger partial charge is 0.493 e. The molecule has 0 aliphatic carbocycles. The van der Waals surface area contributed by atoms with Crippen molar-refractivity contribution in [3.63, 3.8) is 0 Å². The van der Waals surface area contributed by atoms with Crippen LogP contribution in [0.1, 0.15) is 50.4 Å². The predicted molar refractivity (Wildman–Crippen MR) is 178 cm³/mol. The number of ether oxygens (including phenoxy) is 5. The number of carbonyl (C=O) groups excluding carboxylic acids is 1. The van der Waals surface area contributed by atoms with Crippen LogP contribution in [-0.4, -0.2) is 37.5 Å². The van der Waals surface area contributed by atoms with Crippen LogP contribution in [0.25, 0.3) is 6.08 Å². The standard InChI is InChI=1S/C35H35ClN2O7S/c1-7-43-34(40)31-21(4)37-35-38(32(31)24-12-14-27(45-20(2)3)29(18-24)42-6)33(39)30(46-35)17-22-11-13-26(28(16-22)41-5)44-19-23-9-8-10-25(36)15-23/h8-18,20,32H,7,19H2,1-6H3/b30-17+/t32-/m1/s1. The Bertz CT molecular complexity index is 1980. The molecule has 240 valence electrons. The summed E-state index contributed by atoms with van der Waals surface area (Å²) in [5.74, 6) is 1.56. The van der Waals surface area contributed by atoms with Gasteiger partial charge in [0.15, 0.2) is 27.8 Å². The molecule has 0 unspecified atom stereocenters. The molecule has 1 aromatic heterocycles. The zero-order valence-corrected chi connectivity index (χ0v) is 28.0. The summed E-state index contributed by atoms with van der Waals surface area (Å²) in [4.78, 5) is 32.5. The molecule has 11 heteroatoms. The van der Waals surface area contributed by atoms with E-state index in [0.717, 1.165) is 11.1 Å². The van der Waals surface area contributed by atoms with Gasteiger partial charge in [0, 0.05) is 5.02 Å². The molecule has 0 bridgehead atoms. The molecule has 0 fully saturated rings. The Hall–Kier alpha value is -4.54. The molecule has 0 amide bonds. The summed E-state index contributed by atoms with van der Waals surface area (Å²) >= 11 is 7.34. The molecule has 0 spiro atoms. The molecule has 0 radical (unpaired) electrons. The van der Waals surface area contributed by atoms with Gasteiger partial charge >= 0.3 is 5.97 Å². The number of rotatable bonds is 11. The fourth-order valence-corrected chi connectivity index (χ4v) is 6.40. The summed E-state index contributed by atoms with van der Waals surface area (Å²) in [6.07, 6.45) is 1.70. The number of carbonyl (C=O) groups is 1. The van der Waals surface area contributed by atoms with Crippen LogP contribution in [0.3, 0.4) is 0 Å². The van der Waals surface area contributed by atoms with Gasteiger partial charge in [0.2, 0.25) is 0 Å². The monoisotopic (exact) mass is 662 g/mol. The average Bonchev–Trinajstić information content (AvgIpc) is 3.33. The van der Waals surface area contributed by atoms with Crippen LogP contribution < -0.4 is 33.8 Å². The summed E-state index contributed by atoms with van der Waals surface area (Å²) in [7, 11) is 3.11. The second-order valence-corrected chi connectivity index (χ2v) is 12.2. The predicted octanol–water partition coefficient (Wildman–Crippen LogP) is 5.84. The first-order valence-corrected chi connectivity index (χ1v) is 15.9. The topological polar surface area (TPSA) is 97.6 Å². The summed E-state index contributed by atoms with van der Waals surface area (Å²) in [5.41, 5.74) is 2.76. The van der Waals surface area contributed by atoms with Crippen LogP contribution in [0.4, 0.5) is 0 Å². The van der Waals surface area contributed by atoms with Gasteiger partial charge in [-0.3, -0.25) is 9.36 Å². The molecule has 0 N–H and O–H groups in total. The Morgan fingerprint density at radius 1 is 1.02 bits per heavy atom. The van der Waals surface area contributed by atoms with Gasteiger partial charge in [0.05, 0.1) is 48.8 Å². The zero-order valence-electron chi connectivity index (χ0n) is 26.5. The molecule has 1 aliphatic rings. The first-order chi connectivity index (χ1) is 22.1. The van der Waals surface area contributed by atoms with E-state index in [2.05, 4.69) is 4.99 Å². The molecular weight excluding hydrogens is 628 g/mol. The van der Waals surface area contributed by atoms with Gasteiger partial charge in [-0.25, -0.2) is 9.79 Å². The Morgan fingerprint density at radius 3 is 2.46 bits per heavy atom. The number of benzene rings is 3. The van der Waals surface area contributed by atoms with E-state index in [9.17, 15) is 9.59 Å². The molecule has 0 saturated heterocycles. The number of nitrogens with zero attached hydrogens (tertiary/aromatic N) is 2. The SMILES string of the molecule is CCOC(=O)C1=C(C)N=c2s/c(=C/c3ccc(OCc4cccc(Cl)c4)c(OC)c3)c(=O)n2[C@@H]1c1ccc(OC(C)C)c(OC)c1. The van der Waals surface area contributed by atoms with Crippen LogP contribution >= 0.6 is 22.9 Å². The van der Waals surface area contributed by atoms with E-state index in [1.807, 2.05) is 44.2 Å². The highest BCUT2D eigenvalue weighted by Gasteiger charge is 2.34. The normalized spacial score (nSPS) is 14.5. The molecular formula is C35H35ClN2O7S. The molecule has 9 nitrogen and oxygen atoms in total. The van der Waals surface area contributed by atoms with Crippen molar-refractivity contribution in [1.82, 2.24) is 4.57 Å². The van der Waals surface area contributed by atoms with Crippen molar-refractivity contribution >= 4 is 35.0 Å². The number of hydrogen-bond donors (Lipinski definition) is 0. The van der Waals surface area contributed by atoms with Crippen molar-refractivity contribution in [2.24, 2.45) is 4.99 Å². The minimum Gasteiger partial charge on any atom is -0.493 e. The third kappa shape index (κ3) is 6.98. The van der Waals surface area contributed by atoms with Gasteiger partial charge in [-0.2, -0.15) is 0 Å². The molecule has 4 aromatic rings. The van der Waals surface area contributed by atoms with E-state index < -0.39 is 12.0 Å². The molecule has 1 atom stereocenters. The maximum atomic E-state index is 14.1. The number of halogens is 1. The van der Waals surface area contributed by atoms with Crippen molar-refractivity contribution in [1.29, 1.82) is 0 Å². The number of fused-ring (bicyclic) bond motifs is 1. The Kier molecular flexibility index (Phi) is 10.2. The van der Waals surface area contributed by atoms with Crippen molar-refractivity contribution in [3.05, 3.63) is 113 Å². The third-order valence-electron chi connectivity index (χ3n) is 7.15. The van der Waals surface area contributed by atoms with E-state index in [1.54, 1.807) is 64.5 Å². The Labute approximate surface area is 275 Å². The number of esters is 1. The lowest BCUT2D eigenvalue weighted by atomic mass is 9.95. The number of allylic oxidation sites excluding steroid dienone is 1. The van der Waals surface area contributed by atoms with Gasteiger partial charge in [-0.1, -0.05) is 47.2 Å². The van der Waals surface area contributed by atoms with Crippen LogP contribution in [0.2, 0.25) is 5.02 Å². The van der Waals surface area contributed by atoms with Crippen molar-refractivity contribution in [2.45, 2.75) is 46.4 Å². The van der Waals surface area contributed by atoms with Gasteiger partial charge in [0.1, 0.15) is 6.61 Å². The lowest BCUT2D eigenvalue weighted by Crippen LogP contribution is -2.40. The summed E-state index contributed by atoms with van der Waals surface area (Å²) in [5, 5.41) is 0.632. The summed E-state index contributed by atoms with van der Waals surface area (Å²) in [6, 6.07) is 17.5. The highest BCUT2D eigenvalue weighted by Crippen LogP contribution is 2.36. The van der Waals surface area contributed by atoms with Crippen molar-refractivity contribution in [2.75, 3.05) is 20.8 Å². The maximum absolute atomic E-state index is 14.1. The second kappa shape index (κ2) is 14.3. The molecule has 5 rings (SSSR count). The average molecular weight is 663 g/mol. The highest BCUT2D eigenvalue weighted by molar-refractivity contribution is 7.07. The lowest BCUT2D eigenvalue weighted by Gasteiger charge is -2.25. The van der Waals surface area contributed by atoms with E-state index in [-0.39, 0.29) is 23.8 Å². The van der Waals surface area contributed by atoms with E-state index in [0.29, 0.717) is 55.2 Å². The summed E-state index contributed by atoms with van der Waals surface area (Å²) in [6.45, 7) is 7.82. The molecule has 1 aliphatic heterocycles. The first kappa shape index (κ1) is 32.8. The van der Waals surface area contributed by atoms with Crippen molar-refractivity contribution in [3.8, 4) is 23.0 Å². The van der Waals surface area contributed by atoms with E-state index in [1.165, 1.54) is 15.9 Å². The van der Waals surface area contributed by atoms with Gasteiger partial charge in [0.25, 0.3) is 5.56 Å². The Balaban J connectivity index is 1.57. The lowest BCUT2D eigenvalue weighted by molar-refractivity contribution is -0.139. The van der Waals surface area contributed by atoms with Gasteiger partial charge in [-0.05, 0) is 86.9 Å².